The number of hydrogen-bond donors (Lipinski definition) is 1. The number of carbonyl (C=O) groups is 1. The molecule has 0 unspecified atom stereocenters. The lowest BCUT2D eigenvalue weighted by molar-refractivity contribution is -0.114. The molecule has 8 nitrogen and oxygen atoms in total. The van der Waals surface area contributed by atoms with Gasteiger partial charge in [-0.15, -0.1) is 0 Å². The third-order valence-electron chi connectivity index (χ3n) is 4.85. The summed E-state index contributed by atoms with van der Waals surface area (Å²) in [5.74, 6) is 0.148. The van der Waals surface area contributed by atoms with Crippen molar-refractivity contribution in [3.05, 3.63) is 77.9 Å². The SMILES string of the molecule is COc1ccc(N(CC(=O)Nc2ccc(C#N)cc2)S(=O)(=O)c2ccc(C)cc2)c(OC)c1. The fraction of sp³-hybridized carbons (Fsp3) is 0.167. The third kappa shape index (κ3) is 5.42. The van der Waals surface area contributed by atoms with Gasteiger partial charge < -0.3 is 14.8 Å². The summed E-state index contributed by atoms with van der Waals surface area (Å²) in [6, 6.07) is 19.3. The molecule has 0 radical (unpaired) electrons. The molecule has 0 aliphatic rings. The van der Waals surface area contributed by atoms with Crippen molar-refractivity contribution in [3.63, 3.8) is 0 Å². The summed E-state index contributed by atoms with van der Waals surface area (Å²) in [5, 5.41) is 11.6. The van der Waals surface area contributed by atoms with Gasteiger partial charge in [0.1, 0.15) is 18.0 Å². The Balaban J connectivity index is 2.00. The minimum Gasteiger partial charge on any atom is -0.497 e. The first-order chi connectivity index (χ1) is 15.8. The zero-order valence-electron chi connectivity index (χ0n) is 18.4. The van der Waals surface area contributed by atoms with Gasteiger partial charge in [-0.3, -0.25) is 9.10 Å². The molecule has 0 aromatic heterocycles. The Morgan fingerprint density at radius 3 is 2.24 bits per heavy atom. The molecule has 3 aromatic rings. The van der Waals surface area contributed by atoms with Crippen molar-refractivity contribution in [1.29, 1.82) is 5.26 Å². The maximum absolute atomic E-state index is 13.6. The van der Waals surface area contributed by atoms with Crippen LogP contribution in [0.3, 0.4) is 0 Å². The van der Waals surface area contributed by atoms with Gasteiger partial charge in [0.15, 0.2) is 0 Å². The molecule has 1 N–H and O–H groups in total. The van der Waals surface area contributed by atoms with Crippen LogP contribution in [-0.4, -0.2) is 35.1 Å². The molecule has 170 valence electrons. The lowest BCUT2D eigenvalue weighted by Crippen LogP contribution is -2.38. The Kier molecular flexibility index (Phi) is 7.20. The molecule has 0 fully saturated rings. The van der Waals surface area contributed by atoms with Crippen LogP contribution in [0.5, 0.6) is 11.5 Å². The van der Waals surface area contributed by atoms with Crippen molar-refractivity contribution < 1.29 is 22.7 Å². The molecule has 33 heavy (non-hydrogen) atoms. The summed E-state index contributed by atoms with van der Waals surface area (Å²) in [5.41, 5.74) is 1.97. The highest BCUT2D eigenvalue weighted by Crippen LogP contribution is 2.35. The molecular weight excluding hydrogens is 442 g/mol. The number of sulfonamides is 1. The monoisotopic (exact) mass is 465 g/mol. The Labute approximate surface area is 193 Å². The second-order valence-electron chi connectivity index (χ2n) is 7.10. The first-order valence-electron chi connectivity index (χ1n) is 9.90. The molecule has 0 bridgehead atoms. The van der Waals surface area contributed by atoms with Gasteiger partial charge in [0.05, 0.1) is 36.4 Å². The minimum absolute atomic E-state index is 0.0390. The fourth-order valence-electron chi connectivity index (χ4n) is 3.09. The molecule has 9 heteroatoms. The van der Waals surface area contributed by atoms with Crippen molar-refractivity contribution >= 4 is 27.3 Å². The maximum Gasteiger partial charge on any atom is 0.264 e. The van der Waals surface area contributed by atoms with Gasteiger partial charge >= 0.3 is 0 Å². The van der Waals surface area contributed by atoms with Crippen LogP contribution in [0.15, 0.2) is 71.6 Å². The predicted molar refractivity (Wildman–Crippen MR) is 125 cm³/mol. The first-order valence-corrected chi connectivity index (χ1v) is 11.3. The summed E-state index contributed by atoms with van der Waals surface area (Å²) in [6.07, 6.45) is 0. The fourth-order valence-corrected chi connectivity index (χ4v) is 4.52. The number of nitrogens with one attached hydrogen (secondary N) is 1. The molecule has 3 aromatic carbocycles. The topological polar surface area (TPSA) is 109 Å². The highest BCUT2D eigenvalue weighted by Gasteiger charge is 2.29. The molecule has 1 amide bonds. The van der Waals surface area contributed by atoms with E-state index in [1.54, 1.807) is 48.5 Å². The van der Waals surface area contributed by atoms with Gasteiger partial charge in [-0.1, -0.05) is 17.7 Å². The molecule has 0 spiro atoms. The summed E-state index contributed by atoms with van der Waals surface area (Å²) >= 11 is 0. The van der Waals surface area contributed by atoms with Crippen LogP contribution in [0, 0.1) is 18.3 Å². The highest BCUT2D eigenvalue weighted by atomic mass is 32.2. The number of rotatable bonds is 8. The van der Waals surface area contributed by atoms with Gasteiger partial charge in [0, 0.05) is 11.8 Å². The number of aryl methyl sites for hydroxylation is 1. The summed E-state index contributed by atoms with van der Waals surface area (Å²) in [6.45, 7) is 1.35. The number of carbonyl (C=O) groups excluding carboxylic acids is 1. The Morgan fingerprint density at radius 2 is 1.67 bits per heavy atom. The number of benzene rings is 3. The van der Waals surface area contributed by atoms with Crippen molar-refractivity contribution in [3.8, 4) is 17.6 Å². The number of amides is 1. The van der Waals surface area contributed by atoms with Crippen LogP contribution in [-0.2, 0) is 14.8 Å². The zero-order valence-corrected chi connectivity index (χ0v) is 19.2. The second-order valence-corrected chi connectivity index (χ2v) is 8.96. The number of nitriles is 1. The second kappa shape index (κ2) is 10.1. The molecule has 0 aliphatic carbocycles. The lowest BCUT2D eigenvalue weighted by atomic mass is 10.2. The van der Waals surface area contributed by atoms with E-state index in [1.165, 1.54) is 32.4 Å². The van der Waals surface area contributed by atoms with E-state index in [1.807, 2.05) is 13.0 Å². The van der Waals surface area contributed by atoms with E-state index in [2.05, 4.69) is 5.32 Å². The Bertz CT molecular complexity index is 1280. The normalized spacial score (nSPS) is 10.7. The van der Waals surface area contributed by atoms with Gasteiger partial charge in [0.25, 0.3) is 10.0 Å². The summed E-state index contributed by atoms with van der Waals surface area (Å²) in [4.78, 5) is 12.9. The van der Waals surface area contributed by atoms with Crippen LogP contribution >= 0.6 is 0 Å². The molecule has 0 saturated carbocycles. The zero-order chi connectivity index (χ0) is 24.0. The van der Waals surface area contributed by atoms with Crippen molar-refractivity contribution in [1.82, 2.24) is 0 Å². The average molecular weight is 466 g/mol. The van der Waals surface area contributed by atoms with Gasteiger partial charge in [-0.25, -0.2) is 8.42 Å². The first kappa shape index (κ1) is 23.6. The number of nitrogens with zero attached hydrogens (tertiary/aromatic N) is 2. The molecule has 0 saturated heterocycles. The van der Waals surface area contributed by atoms with E-state index in [4.69, 9.17) is 14.7 Å². The molecule has 3 rings (SSSR count). The van der Waals surface area contributed by atoms with Crippen LogP contribution in [0.2, 0.25) is 0 Å². The van der Waals surface area contributed by atoms with Crippen molar-refractivity contribution in [2.45, 2.75) is 11.8 Å². The Morgan fingerprint density at radius 1 is 1.00 bits per heavy atom. The quantitative estimate of drug-likeness (QED) is 0.543. The predicted octanol–water partition coefficient (Wildman–Crippen LogP) is 3.72. The molecule has 0 atom stereocenters. The average Bonchev–Trinajstić information content (AvgIpc) is 2.83. The van der Waals surface area contributed by atoms with E-state index >= 15 is 0 Å². The number of methoxy groups -OCH3 is 2. The number of hydrogen-bond acceptors (Lipinski definition) is 6. The van der Waals surface area contributed by atoms with Crippen molar-refractivity contribution in [2.75, 3.05) is 30.4 Å². The standard InChI is InChI=1S/C24H23N3O5S/c1-17-4-11-21(12-5-17)33(29,30)27(22-13-10-20(31-2)14-23(22)32-3)16-24(28)26-19-8-6-18(15-25)7-9-19/h4-14H,16H2,1-3H3,(H,26,28). The molecule has 0 heterocycles. The smallest absolute Gasteiger partial charge is 0.264 e. The van der Waals surface area contributed by atoms with Gasteiger partial charge in [0.2, 0.25) is 5.91 Å². The van der Waals surface area contributed by atoms with Crippen LogP contribution in [0.1, 0.15) is 11.1 Å². The number of anilines is 2. The largest absolute Gasteiger partial charge is 0.497 e. The van der Waals surface area contributed by atoms with Crippen molar-refractivity contribution in [2.24, 2.45) is 0 Å². The lowest BCUT2D eigenvalue weighted by Gasteiger charge is -2.26. The van der Waals surface area contributed by atoms with E-state index in [9.17, 15) is 13.2 Å². The summed E-state index contributed by atoms with van der Waals surface area (Å²) in [7, 11) is -1.22. The van der Waals surface area contributed by atoms with E-state index in [0.717, 1.165) is 9.87 Å². The van der Waals surface area contributed by atoms with Gasteiger partial charge in [-0.2, -0.15) is 5.26 Å². The molecule has 0 aliphatic heterocycles. The Hall–Kier alpha value is -4.03. The highest BCUT2D eigenvalue weighted by molar-refractivity contribution is 7.92. The minimum atomic E-state index is -4.11. The number of ether oxygens (including phenoxy) is 2. The van der Waals surface area contributed by atoms with E-state index in [-0.39, 0.29) is 16.3 Å². The maximum atomic E-state index is 13.6. The van der Waals surface area contributed by atoms with Crippen LogP contribution in [0.25, 0.3) is 0 Å². The van der Waals surface area contributed by atoms with Crippen LogP contribution < -0.4 is 19.1 Å². The molecular formula is C24H23N3O5S. The van der Waals surface area contributed by atoms with Gasteiger partial charge in [-0.05, 0) is 55.5 Å². The third-order valence-corrected chi connectivity index (χ3v) is 6.62. The van der Waals surface area contributed by atoms with E-state index in [0.29, 0.717) is 17.0 Å². The summed E-state index contributed by atoms with van der Waals surface area (Å²) < 4.78 is 38.7. The van der Waals surface area contributed by atoms with E-state index < -0.39 is 22.5 Å². The van der Waals surface area contributed by atoms with Crippen LogP contribution in [0.4, 0.5) is 11.4 Å².